The van der Waals surface area contributed by atoms with Crippen molar-refractivity contribution in [1.82, 2.24) is 24.8 Å². The first-order valence-electron chi connectivity index (χ1n) is 11.0. The summed E-state index contributed by atoms with van der Waals surface area (Å²) in [5.74, 6) is 3.17. The molecule has 8 nitrogen and oxygen atoms in total. The summed E-state index contributed by atoms with van der Waals surface area (Å²) in [5, 5.41) is 3.33. The minimum absolute atomic E-state index is 0.174. The third-order valence-corrected chi connectivity index (χ3v) is 6.45. The lowest BCUT2D eigenvalue weighted by Crippen LogP contribution is -2.61. The van der Waals surface area contributed by atoms with Crippen LogP contribution in [0.4, 0.5) is 17.5 Å². The van der Waals surface area contributed by atoms with Crippen LogP contribution in [0.1, 0.15) is 25.3 Å². The molecular weight excluding hydrogens is 402 g/mol. The molecular formula is C24H27N7O. The average molecular weight is 430 g/mol. The lowest BCUT2D eigenvalue weighted by atomic mass is 9.72. The maximum Gasteiger partial charge on any atom is 0.219 e. The van der Waals surface area contributed by atoms with Gasteiger partial charge in [-0.2, -0.15) is 0 Å². The van der Waals surface area contributed by atoms with Gasteiger partial charge in [-0.05, 0) is 49.6 Å². The average Bonchev–Trinajstić information content (AvgIpc) is 2.78. The highest BCUT2D eigenvalue weighted by Gasteiger charge is 2.45. The highest BCUT2D eigenvalue weighted by molar-refractivity contribution is 5.73. The van der Waals surface area contributed by atoms with Gasteiger partial charge < -0.3 is 15.1 Å². The topological polar surface area (TPSA) is 87.1 Å². The van der Waals surface area contributed by atoms with Gasteiger partial charge in [0.15, 0.2) is 5.82 Å². The number of piperidine rings is 1. The molecule has 32 heavy (non-hydrogen) atoms. The molecule has 0 atom stereocenters. The van der Waals surface area contributed by atoms with Gasteiger partial charge in [-0.3, -0.25) is 9.78 Å². The molecule has 2 fully saturated rings. The van der Waals surface area contributed by atoms with E-state index < -0.39 is 0 Å². The zero-order valence-electron chi connectivity index (χ0n) is 18.5. The Morgan fingerprint density at radius 3 is 2.56 bits per heavy atom. The van der Waals surface area contributed by atoms with E-state index in [4.69, 9.17) is 9.97 Å². The van der Waals surface area contributed by atoms with E-state index in [9.17, 15) is 4.79 Å². The first-order valence-corrected chi connectivity index (χ1v) is 11.0. The molecule has 5 heterocycles. The molecule has 5 rings (SSSR count). The Bertz CT molecular complexity index is 1120. The molecule has 0 aliphatic carbocycles. The number of amides is 1. The van der Waals surface area contributed by atoms with E-state index in [-0.39, 0.29) is 11.3 Å². The van der Waals surface area contributed by atoms with Gasteiger partial charge in [0.1, 0.15) is 17.5 Å². The maximum absolute atomic E-state index is 11.7. The van der Waals surface area contributed by atoms with E-state index >= 15 is 0 Å². The number of hydrogen-bond donors (Lipinski definition) is 1. The first-order chi connectivity index (χ1) is 15.5. The molecule has 8 heteroatoms. The predicted molar refractivity (Wildman–Crippen MR) is 124 cm³/mol. The van der Waals surface area contributed by atoms with Gasteiger partial charge in [-0.15, -0.1) is 0 Å². The molecule has 164 valence electrons. The molecule has 2 aliphatic heterocycles. The molecule has 1 N–H and O–H groups in total. The molecule has 0 saturated carbocycles. The minimum Gasteiger partial charge on any atom is -0.355 e. The van der Waals surface area contributed by atoms with Crippen molar-refractivity contribution in [3.05, 3.63) is 54.5 Å². The Kier molecular flexibility index (Phi) is 5.20. The van der Waals surface area contributed by atoms with Gasteiger partial charge in [0.05, 0.1) is 0 Å². The number of nitrogens with zero attached hydrogens (tertiary/aromatic N) is 6. The Morgan fingerprint density at radius 1 is 1.06 bits per heavy atom. The summed E-state index contributed by atoms with van der Waals surface area (Å²) in [5.41, 5.74) is 2.28. The SMILES string of the molecule is CC(=O)N1CCC2(CC1)CN(c1cc(Nc3cc(C)ccn3)nc(-c3cccnc3)n1)C2. The van der Waals surface area contributed by atoms with E-state index in [0.717, 1.165) is 61.8 Å². The molecule has 0 aromatic carbocycles. The number of aryl methyl sites for hydroxylation is 1. The third-order valence-electron chi connectivity index (χ3n) is 6.45. The van der Waals surface area contributed by atoms with Crippen LogP contribution >= 0.6 is 0 Å². The van der Waals surface area contributed by atoms with Crippen molar-refractivity contribution >= 4 is 23.4 Å². The fourth-order valence-corrected chi connectivity index (χ4v) is 4.56. The summed E-state index contributed by atoms with van der Waals surface area (Å²) in [6.07, 6.45) is 7.40. The second-order valence-electron chi connectivity index (χ2n) is 8.88. The van der Waals surface area contributed by atoms with Crippen LogP contribution in [0.3, 0.4) is 0 Å². The van der Waals surface area contributed by atoms with E-state index in [1.165, 1.54) is 0 Å². The quantitative estimate of drug-likeness (QED) is 0.680. The van der Waals surface area contributed by atoms with Crippen molar-refractivity contribution in [2.24, 2.45) is 5.41 Å². The standard InChI is InChI=1S/C24H27N7O/c1-17-5-9-26-20(12-17)27-21-13-22(29-23(28-21)19-4-3-8-25-14-19)31-15-24(16-31)6-10-30(11-7-24)18(2)32/h3-5,8-9,12-14H,6-7,10-11,15-16H2,1-2H3,(H,26,27,28,29). The van der Waals surface area contributed by atoms with Gasteiger partial charge in [0, 0.05) is 68.7 Å². The molecule has 1 spiro atoms. The van der Waals surface area contributed by atoms with E-state index in [0.29, 0.717) is 11.6 Å². The van der Waals surface area contributed by atoms with Gasteiger partial charge in [0.2, 0.25) is 5.91 Å². The van der Waals surface area contributed by atoms with Crippen LogP contribution in [-0.4, -0.2) is 56.9 Å². The molecule has 0 unspecified atom stereocenters. The molecule has 0 radical (unpaired) electrons. The molecule has 1 amide bonds. The van der Waals surface area contributed by atoms with E-state index in [2.05, 4.69) is 20.2 Å². The van der Waals surface area contributed by atoms with Crippen LogP contribution in [0.25, 0.3) is 11.4 Å². The van der Waals surface area contributed by atoms with E-state index in [1.54, 1.807) is 25.5 Å². The molecule has 0 bridgehead atoms. The summed E-state index contributed by atoms with van der Waals surface area (Å²) in [6.45, 7) is 7.29. The van der Waals surface area contributed by atoms with Crippen LogP contribution in [-0.2, 0) is 4.79 Å². The van der Waals surface area contributed by atoms with Crippen LogP contribution < -0.4 is 10.2 Å². The summed E-state index contributed by atoms with van der Waals surface area (Å²) < 4.78 is 0. The Balaban J connectivity index is 1.39. The van der Waals surface area contributed by atoms with Crippen molar-refractivity contribution in [2.75, 3.05) is 36.4 Å². The monoisotopic (exact) mass is 429 g/mol. The number of nitrogens with one attached hydrogen (secondary N) is 1. The Hall–Kier alpha value is -3.55. The Morgan fingerprint density at radius 2 is 1.88 bits per heavy atom. The van der Waals surface area contributed by atoms with Crippen LogP contribution in [0.2, 0.25) is 0 Å². The fraction of sp³-hybridized carbons (Fsp3) is 0.375. The van der Waals surface area contributed by atoms with Gasteiger partial charge >= 0.3 is 0 Å². The normalized spacial score (nSPS) is 17.2. The highest BCUT2D eigenvalue weighted by atomic mass is 16.2. The van der Waals surface area contributed by atoms with Crippen molar-refractivity contribution < 1.29 is 4.79 Å². The Labute approximate surface area is 187 Å². The fourth-order valence-electron chi connectivity index (χ4n) is 4.56. The lowest BCUT2D eigenvalue weighted by molar-refractivity contribution is -0.131. The molecule has 3 aromatic rings. The number of carbonyl (C=O) groups excluding carboxylic acids is 1. The van der Waals surface area contributed by atoms with Crippen LogP contribution in [0.15, 0.2) is 48.9 Å². The second kappa shape index (κ2) is 8.18. The second-order valence-corrected chi connectivity index (χ2v) is 8.88. The van der Waals surface area contributed by atoms with Gasteiger partial charge in [-0.25, -0.2) is 15.0 Å². The first kappa shape index (κ1) is 20.4. The zero-order valence-corrected chi connectivity index (χ0v) is 18.5. The van der Waals surface area contributed by atoms with Crippen LogP contribution in [0, 0.1) is 12.3 Å². The van der Waals surface area contributed by atoms with Crippen LogP contribution in [0.5, 0.6) is 0 Å². The van der Waals surface area contributed by atoms with Crippen molar-refractivity contribution in [3.8, 4) is 11.4 Å². The molecule has 2 saturated heterocycles. The molecule has 2 aliphatic rings. The summed E-state index contributed by atoms with van der Waals surface area (Å²) in [7, 11) is 0. The maximum atomic E-state index is 11.7. The number of aromatic nitrogens is 4. The predicted octanol–water partition coefficient (Wildman–Crippen LogP) is 3.43. The minimum atomic E-state index is 0.174. The van der Waals surface area contributed by atoms with Gasteiger partial charge in [0.25, 0.3) is 0 Å². The summed E-state index contributed by atoms with van der Waals surface area (Å²) >= 11 is 0. The number of likely N-dealkylation sites (tertiary alicyclic amines) is 1. The number of rotatable bonds is 4. The van der Waals surface area contributed by atoms with Crippen molar-refractivity contribution in [2.45, 2.75) is 26.7 Å². The van der Waals surface area contributed by atoms with Crippen molar-refractivity contribution in [3.63, 3.8) is 0 Å². The lowest BCUT2D eigenvalue weighted by Gasteiger charge is -2.54. The number of carbonyl (C=O) groups is 1. The number of hydrogen-bond acceptors (Lipinski definition) is 7. The number of pyridine rings is 2. The summed E-state index contributed by atoms with van der Waals surface area (Å²) in [4.78, 5) is 34.1. The molecule has 3 aromatic heterocycles. The highest BCUT2D eigenvalue weighted by Crippen LogP contribution is 2.42. The van der Waals surface area contributed by atoms with Crippen molar-refractivity contribution in [1.29, 1.82) is 0 Å². The number of anilines is 3. The van der Waals surface area contributed by atoms with E-state index in [1.807, 2.05) is 42.2 Å². The zero-order chi connectivity index (χ0) is 22.1. The third kappa shape index (κ3) is 4.12. The summed E-state index contributed by atoms with van der Waals surface area (Å²) in [6, 6.07) is 9.81. The smallest absolute Gasteiger partial charge is 0.219 e. The van der Waals surface area contributed by atoms with Gasteiger partial charge in [-0.1, -0.05) is 0 Å². The largest absolute Gasteiger partial charge is 0.355 e.